The van der Waals surface area contributed by atoms with Crippen molar-refractivity contribution in [1.29, 1.82) is 0 Å². The van der Waals surface area contributed by atoms with E-state index in [1.54, 1.807) is 19.1 Å². The van der Waals surface area contributed by atoms with Gasteiger partial charge in [0.25, 0.3) is 0 Å². The number of hydrogen-bond donors (Lipinski definition) is 1. The zero-order valence-electron chi connectivity index (χ0n) is 9.04. The highest BCUT2D eigenvalue weighted by molar-refractivity contribution is 5.22. The number of aliphatic hydroxyl groups is 1. The highest BCUT2D eigenvalue weighted by atomic mass is 19.1. The van der Waals surface area contributed by atoms with E-state index in [1.165, 1.54) is 25.0 Å². The van der Waals surface area contributed by atoms with Crippen LogP contribution in [-0.2, 0) is 5.60 Å². The summed E-state index contributed by atoms with van der Waals surface area (Å²) < 4.78 is 13.0. The van der Waals surface area contributed by atoms with E-state index in [1.807, 2.05) is 0 Å². The molecule has 0 heterocycles. The predicted molar refractivity (Wildman–Crippen MR) is 57.9 cm³/mol. The van der Waals surface area contributed by atoms with Crippen molar-refractivity contribution in [3.63, 3.8) is 0 Å². The van der Waals surface area contributed by atoms with Crippen LogP contribution < -0.4 is 0 Å². The van der Waals surface area contributed by atoms with Crippen molar-refractivity contribution in [2.75, 3.05) is 0 Å². The van der Waals surface area contributed by atoms with Crippen LogP contribution in [0.15, 0.2) is 24.3 Å². The van der Waals surface area contributed by atoms with E-state index in [9.17, 15) is 9.50 Å². The average molecular weight is 208 g/mol. The number of hydrogen-bond acceptors (Lipinski definition) is 1. The minimum absolute atomic E-state index is 0.279. The van der Waals surface area contributed by atoms with Gasteiger partial charge in [-0.3, -0.25) is 0 Å². The van der Waals surface area contributed by atoms with Crippen molar-refractivity contribution < 1.29 is 9.50 Å². The first-order valence-electron chi connectivity index (χ1n) is 5.56. The summed E-state index contributed by atoms with van der Waals surface area (Å²) >= 11 is 0. The lowest BCUT2D eigenvalue weighted by atomic mass is 9.90. The quantitative estimate of drug-likeness (QED) is 0.805. The molecule has 2 rings (SSSR count). The van der Waals surface area contributed by atoms with Crippen LogP contribution in [-0.4, -0.2) is 5.11 Å². The molecule has 0 bridgehead atoms. The van der Waals surface area contributed by atoms with Gasteiger partial charge in [0.1, 0.15) is 5.82 Å². The zero-order valence-corrected chi connectivity index (χ0v) is 9.04. The Kier molecular flexibility index (Phi) is 2.79. The molecule has 1 nitrogen and oxygen atoms in total. The van der Waals surface area contributed by atoms with Crippen molar-refractivity contribution in [3.05, 3.63) is 35.6 Å². The van der Waals surface area contributed by atoms with Crippen molar-refractivity contribution in [3.8, 4) is 0 Å². The van der Waals surface area contributed by atoms with Gasteiger partial charge in [-0.25, -0.2) is 4.39 Å². The van der Waals surface area contributed by atoms with Crippen LogP contribution in [0.3, 0.4) is 0 Å². The van der Waals surface area contributed by atoms with Crippen LogP contribution in [0.4, 0.5) is 4.39 Å². The summed E-state index contributed by atoms with van der Waals surface area (Å²) in [5.41, 5.74) is -0.201. The van der Waals surface area contributed by atoms with Gasteiger partial charge in [-0.2, -0.15) is 0 Å². The maximum absolute atomic E-state index is 13.0. The molecule has 82 valence electrons. The Hall–Kier alpha value is -0.890. The summed E-state index contributed by atoms with van der Waals surface area (Å²) in [5, 5.41) is 10.2. The fourth-order valence-corrected chi connectivity index (χ4v) is 1.86. The number of benzene rings is 1. The summed E-state index contributed by atoms with van der Waals surface area (Å²) in [6, 6.07) is 6.26. The van der Waals surface area contributed by atoms with Crippen LogP contribution in [0.25, 0.3) is 0 Å². The predicted octanol–water partition coefficient (Wildman–Crippen LogP) is 3.22. The summed E-state index contributed by atoms with van der Waals surface area (Å²) in [6.07, 6.45) is 4.35. The monoisotopic (exact) mass is 208 g/mol. The second-order valence-corrected chi connectivity index (χ2v) is 4.77. The summed E-state index contributed by atoms with van der Waals surface area (Å²) in [7, 11) is 0. The lowest BCUT2D eigenvalue weighted by Gasteiger charge is -2.23. The highest BCUT2D eigenvalue weighted by Crippen LogP contribution is 2.37. The first kappa shape index (κ1) is 10.6. The summed E-state index contributed by atoms with van der Waals surface area (Å²) in [6.45, 7) is 1.77. The number of rotatable bonds is 4. The molecule has 1 aliphatic carbocycles. The molecule has 0 amide bonds. The molecule has 0 aliphatic heterocycles. The second kappa shape index (κ2) is 3.93. The number of halogens is 1. The Morgan fingerprint density at radius 3 is 2.80 bits per heavy atom. The molecule has 1 N–H and O–H groups in total. The smallest absolute Gasteiger partial charge is 0.123 e. The fraction of sp³-hybridized carbons (Fsp3) is 0.538. The van der Waals surface area contributed by atoms with E-state index in [4.69, 9.17) is 0 Å². The molecule has 1 aromatic carbocycles. The van der Waals surface area contributed by atoms with E-state index >= 15 is 0 Å². The molecule has 1 atom stereocenters. The van der Waals surface area contributed by atoms with Crippen molar-refractivity contribution in [1.82, 2.24) is 0 Å². The molecule has 15 heavy (non-hydrogen) atoms. The third kappa shape index (κ3) is 2.78. The molecule has 1 aromatic rings. The lowest BCUT2D eigenvalue weighted by molar-refractivity contribution is 0.0436. The van der Waals surface area contributed by atoms with Gasteiger partial charge in [0.2, 0.25) is 0 Å². The Morgan fingerprint density at radius 1 is 1.47 bits per heavy atom. The van der Waals surface area contributed by atoms with Gasteiger partial charge in [0.05, 0.1) is 5.60 Å². The van der Waals surface area contributed by atoms with Gasteiger partial charge in [-0.05, 0) is 43.4 Å². The topological polar surface area (TPSA) is 20.2 Å². The third-order valence-corrected chi connectivity index (χ3v) is 3.18. The molecule has 1 saturated carbocycles. The molecule has 1 aliphatic rings. The van der Waals surface area contributed by atoms with Crippen LogP contribution in [0, 0.1) is 11.7 Å². The minimum atomic E-state index is -0.884. The van der Waals surface area contributed by atoms with Crippen molar-refractivity contribution in [2.45, 2.75) is 38.2 Å². The van der Waals surface area contributed by atoms with E-state index in [-0.39, 0.29) is 5.82 Å². The third-order valence-electron chi connectivity index (χ3n) is 3.18. The molecular weight excluding hydrogens is 191 g/mol. The maximum atomic E-state index is 13.0. The SMILES string of the molecule is CC(O)(CCC1CC1)c1cccc(F)c1. The van der Waals surface area contributed by atoms with Crippen LogP contribution in [0.2, 0.25) is 0 Å². The van der Waals surface area contributed by atoms with Crippen molar-refractivity contribution in [2.24, 2.45) is 5.92 Å². The fourth-order valence-electron chi connectivity index (χ4n) is 1.86. The molecule has 2 heteroatoms. The molecule has 0 spiro atoms. The molecule has 1 fully saturated rings. The second-order valence-electron chi connectivity index (χ2n) is 4.77. The first-order valence-corrected chi connectivity index (χ1v) is 5.56. The van der Waals surface area contributed by atoms with Gasteiger partial charge in [-0.15, -0.1) is 0 Å². The minimum Gasteiger partial charge on any atom is -0.385 e. The molecular formula is C13H17FO. The highest BCUT2D eigenvalue weighted by Gasteiger charge is 2.28. The van der Waals surface area contributed by atoms with Gasteiger partial charge in [0, 0.05) is 0 Å². The first-order chi connectivity index (χ1) is 7.08. The van der Waals surface area contributed by atoms with E-state index in [0.29, 0.717) is 5.56 Å². The van der Waals surface area contributed by atoms with Gasteiger partial charge >= 0.3 is 0 Å². The normalized spacial score (nSPS) is 19.9. The molecule has 0 saturated heterocycles. The van der Waals surface area contributed by atoms with Gasteiger partial charge in [-0.1, -0.05) is 25.0 Å². The molecule has 0 radical (unpaired) electrons. The maximum Gasteiger partial charge on any atom is 0.123 e. The van der Waals surface area contributed by atoms with Gasteiger partial charge in [0.15, 0.2) is 0 Å². The van der Waals surface area contributed by atoms with Crippen LogP contribution in [0.1, 0.15) is 38.2 Å². The van der Waals surface area contributed by atoms with Crippen LogP contribution in [0.5, 0.6) is 0 Å². The van der Waals surface area contributed by atoms with E-state index < -0.39 is 5.60 Å². The molecule has 1 unspecified atom stereocenters. The standard InChI is InChI=1S/C13H17FO/c1-13(15,8-7-10-5-6-10)11-3-2-4-12(14)9-11/h2-4,9-10,15H,5-8H2,1H3. The Bertz CT molecular complexity index is 342. The lowest BCUT2D eigenvalue weighted by Crippen LogP contribution is -2.21. The van der Waals surface area contributed by atoms with E-state index in [0.717, 1.165) is 18.8 Å². The Morgan fingerprint density at radius 2 is 2.20 bits per heavy atom. The summed E-state index contributed by atoms with van der Waals surface area (Å²) in [4.78, 5) is 0. The molecule has 0 aromatic heterocycles. The largest absolute Gasteiger partial charge is 0.385 e. The van der Waals surface area contributed by atoms with Gasteiger partial charge < -0.3 is 5.11 Å². The Labute approximate surface area is 89.9 Å². The van der Waals surface area contributed by atoms with Crippen molar-refractivity contribution >= 4 is 0 Å². The summed E-state index contributed by atoms with van der Waals surface area (Å²) in [5.74, 6) is 0.518. The van der Waals surface area contributed by atoms with Crippen LogP contribution >= 0.6 is 0 Å². The average Bonchev–Trinajstić information content (AvgIpc) is 2.98. The zero-order chi connectivity index (χ0) is 10.9. The van der Waals surface area contributed by atoms with E-state index in [2.05, 4.69) is 0 Å². The Balaban J connectivity index is 2.05.